The van der Waals surface area contributed by atoms with Crippen LogP contribution in [-0.2, 0) is 4.79 Å². The molecule has 0 saturated carbocycles. The standard InChI is InChI=1S/C24H21FN2O3S/c1-2-30-19-12-10-18(11-13-19)27-22(28)15-31-24(27)16-6-5-7-17(14-16)26-23(29)20-8-3-4-9-21(20)25/h3-14,24H,2,15H2,1H3,(H,26,29). The summed E-state index contributed by atoms with van der Waals surface area (Å²) in [6, 6.07) is 20.5. The van der Waals surface area contributed by atoms with Gasteiger partial charge < -0.3 is 10.1 Å². The predicted octanol–water partition coefficient (Wildman–Crippen LogP) is 5.26. The van der Waals surface area contributed by atoms with Gasteiger partial charge in [-0.1, -0.05) is 24.3 Å². The average molecular weight is 437 g/mol. The summed E-state index contributed by atoms with van der Waals surface area (Å²) in [4.78, 5) is 26.8. The molecule has 2 amide bonds. The first-order chi connectivity index (χ1) is 15.1. The number of nitrogens with zero attached hydrogens (tertiary/aromatic N) is 1. The van der Waals surface area contributed by atoms with Gasteiger partial charge in [0, 0.05) is 11.4 Å². The van der Waals surface area contributed by atoms with Gasteiger partial charge in [-0.3, -0.25) is 14.5 Å². The van der Waals surface area contributed by atoms with E-state index in [9.17, 15) is 14.0 Å². The molecule has 3 aromatic carbocycles. The van der Waals surface area contributed by atoms with Crippen molar-refractivity contribution in [2.45, 2.75) is 12.3 Å². The van der Waals surface area contributed by atoms with Crippen LogP contribution in [0, 0.1) is 5.82 Å². The van der Waals surface area contributed by atoms with Gasteiger partial charge in [-0.05, 0) is 61.0 Å². The van der Waals surface area contributed by atoms with E-state index in [0.717, 1.165) is 17.0 Å². The number of hydrogen-bond acceptors (Lipinski definition) is 4. The van der Waals surface area contributed by atoms with Crippen LogP contribution in [0.5, 0.6) is 5.75 Å². The number of hydrogen-bond donors (Lipinski definition) is 1. The summed E-state index contributed by atoms with van der Waals surface area (Å²) in [5.74, 6) is 0.0346. The molecule has 0 aliphatic carbocycles. The molecule has 1 aliphatic rings. The van der Waals surface area contributed by atoms with Gasteiger partial charge in [-0.25, -0.2) is 4.39 Å². The quantitative estimate of drug-likeness (QED) is 0.573. The van der Waals surface area contributed by atoms with E-state index in [0.29, 0.717) is 18.0 Å². The fourth-order valence-electron chi connectivity index (χ4n) is 3.43. The fraction of sp³-hybridized carbons (Fsp3) is 0.167. The SMILES string of the molecule is CCOc1ccc(N2C(=O)CSC2c2cccc(NC(=O)c3ccccc3F)c2)cc1. The van der Waals surface area contributed by atoms with Crippen molar-refractivity contribution in [1.82, 2.24) is 0 Å². The lowest BCUT2D eigenvalue weighted by atomic mass is 10.1. The number of nitrogens with one attached hydrogen (secondary N) is 1. The van der Waals surface area contributed by atoms with E-state index >= 15 is 0 Å². The second kappa shape index (κ2) is 9.22. The Morgan fingerprint density at radius 2 is 1.90 bits per heavy atom. The maximum Gasteiger partial charge on any atom is 0.258 e. The molecule has 1 unspecified atom stereocenters. The molecule has 1 saturated heterocycles. The molecule has 3 aromatic rings. The third kappa shape index (κ3) is 4.56. The molecule has 158 valence electrons. The van der Waals surface area contributed by atoms with Crippen LogP contribution in [0.4, 0.5) is 15.8 Å². The minimum atomic E-state index is -0.574. The fourth-order valence-corrected chi connectivity index (χ4v) is 4.60. The topological polar surface area (TPSA) is 58.6 Å². The Labute approximate surface area is 184 Å². The van der Waals surface area contributed by atoms with Crippen LogP contribution in [-0.4, -0.2) is 24.2 Å². The molecule has 1 heterocycles. The van der Waals surface area contributed by atoms with E-state index in [1.165, 1.54) is 30.0 Å². The minimum absolute atomic E-state index is 0.0138. The number of halogens is 1. The number of carbonyl (C=O) groups excluding carboxylic acids is 2. The summed E-state index contributed by atoms with van der Waals surface area (Å²) >= 11 is 1.52. The molecule has 1 fully saturated rings. The number of amides is 2. The first-order valence-electron chi connectivity index (χ1n) is 9.89. The summed E-state index contributed by atoms with van der Waals surface area (Å²) in [6.07, 6.45) is 0. The monoisotopic (exact) mass is 436 g/mol. The Kier molecular flexibility index (Phi) is 6.23. The van der Waals surface area contributed by atoms with Gasteiger partial charge in [0.1, 0.15) is 16.9 Å². The Balaban J connectivity index is 1.56. The minimum Gasteiger partial charge on any atom is -0.494 e. The van der Waals surface area contributed by atoms with Crippen molar-refractivity contribution in [2.75, 3.05) is 22.6 Å². The van der Waals surface area contributed by atoms with Crippen molar-refractivity contribution in [3.63, 3.8) is 0 Å². The Hall–Kier alpha value is -3.32. The van der Waals surface area contributed by atoms with Crippen molar-refractivity contribution >= 4 is 35.0 Å². The van der Waals surface area contributed by atoms with Crippen molar-refractivity contribution < 1.29 is 18.7 Å². The maximum atomic E-state index is 13.9. The lowest BCUT2D eigenvalue weighted by Gasteiger charge is -2.25. The molecule has 1 atom stereocenters. The first-order valence-corrected chi connectivity index (χ1v) is 10.9. The molecule has 4 rings (SSSR count). The number of rotatable bonds is 6. The zero-order valence-electron chi connectivity index (χ0n) is 16.9. The molecule has 5 nitrogen and oxygen atoms in total. The average Bonchev–Trinajstić information content (AvgIpc) is 3.16. The van der Waals surface area contributed by atoms with Gasteiger partial charge in [-0.15, -0.1) is 11.8 Å². The number of benzene rings is 3. The highest BCUT2D eigenvalue weighted by Crippen LogP contribution is 2.42. The van der Waals surface area contributed by atoms with Gasteiger partial charge in [-0.2, -0.15) is 0 Å². The van der Waals surface area contributed by atoms with Crippen LogP contribution < -0.4 is 15.0 Å². The summed E-state index contributed by atoms with van der Waals surface area (Å²) in [6.45, 7) is 2.49. The normalized spacial score (nSPS) is 15.7. The largest absolute Gasteiger partial charge is 0.494 e. The number of carbonyl (C=O) groups is 2. The summed E-state index contributed by atoms with van der Waals surface area (Å²) in [5, 5.41) is 2.52. The molecule has 0 spiro atoms. The van der Waals surface area contributed by atoms with E-state index in [-0.39, 0.29) is 16.8 Å². The highest BCUT2D eigenvalue weighted by molar-refractivity contribution is 8.00. The van der Waals surface area contributed by atoms with Crippen LogP contribution in [0.15, 0.2) is 72.8 Å². The molecule has 7 heteroatoms. The molecule has 0 radical (unpaired) electrons. The van der Waals surface area contributed by atoms with Gasteiger partial charge in [0.15, 0.2) is 0 Å². The van der Waals surface area contributed by atoms with E-state index in [4.69, 9.17) is 4.74 Å². The molecule has 1 aliphatic heterocycles. The van der Waals surface area contributed by atoms with E-state index in [1.807, 2.05) is 49.4 Å². The third-order valence-electron chi connectivity index (χ3n) is 4.84. The Morgan fingerprint density at radius 1 is 1.13 bits per heavy atom. The zero-order chi connectivity index (χ0) is 21.8. The smallest absolute Gasteiger partial charge is 0.258 e. The van der Waals surface area contributed by atoms with Crippen LogP contribution in [0.3, 0.4) is 0 Å². The van der Waals surface area contributed by atoms with Gasteiger partial charge in [0.25, 0.3) is 5.91 Å². The molecular weight excluding hydrogens is 415 g/mol. The second-order valence-corrected chi connectivity index (χ2v) is 7.98. The zero-order valence-corrected chi connectivity index (χ0v) is 17.7. The number of ether oxygens (including phenoxy) is 1. The maximum absolute atomic E-state index is 13.9. The van der Waals surface area contributed by atoms with Crippen LogP contribution >= 0.6 is 11.8 Å². The summed E-state index contributed by atoms with van der Waals surface area (Å²) in [7, 11) is 0. The Bertz CT molecular complexity index is 1100. The first kappa shape index (κ1) is 20.9. The summed E-state index contributed by atoms with van der Waals surface area (Å²) < 4.78 is 19.4. The Morgan fingerprint density at radius 3 is 2.65 bits per heavy atom. The van der Waals surface area contributed by atoms with Crippen LogP contribution in [0.2, 0.25) is 0 Å². The lowest BCUT2D eigenvalue weighted by molar-refractivity contribution is -0.115. The second-order valence-electron chi connectivity index (χ2n) is 6.91. The number of anilines is 2. The van der Waals surface area contributed by atoms with E-state index in [2.05, 4.69) is 5.32 Å². The molecule has 31 heavy (non-hydrogen) atoms. The third-order valence-corrected chi connectivity index (χ3v) is 6.05. The van der Waals surface area contributed by atoms with Crippen molar-refractivity contribution in [3.05, 3.63) is 89.7 Å². The molecule has 0 bridgehead atoms. The summed E-state index contributed by atoms with van der Waals surface area (Å²) in [5.41, 5.74) is 2.17. The number of thioether (sulfide) groups is 1. The predicted molar refractivity (Wildman–Crippen MR) is 121 cm³/mol. The highest BCUT2D eigenvalue weighted by atomic mass is 32.2. The van der Waals surface area contributed by atoms with Gasteiger partial charge in [0.05, 0.1) is 17.9 Å². The van der Waals surface area contributed by atoms with Gasteiger partial charge in [0.2, 0.25) is 5.91 Å². The van der Waals surface area contributed by atoms with Gasteiger partial charge >= 0.3 is 0 Å². The van der Waals surface area contributed by atoms with E-state index < -0.39 is 11.7 Å². The lowest BCUT2D eigenvalue weighted by Crippen LogP contribution is -2.27. The molecule has 0 aromatic heterocycles. The highest BCUT2D eigenvalue weighted by Gasteiger charge is 2.34. The van der Waals surface area contributed by atoms with Crippen molar-refractivity contribution in [1.29, 1.82) is 0 Å². The molecular formula is C24H21FN2O3S. The van der Waals surface area contributed by atoms with Crippen molar-refractivity contribution in [2.24, 2.45) is 0 Å². The van der Waals surface area contributed by atoms with Crippen molar-refractivity contribution in [3.8, 4) is 5.75 Å². The molecule has 1 N–H and O–H groups in total. The van der Waals surface area contributed by atoms with Crippen LogP contribution in [0.1, 0.15) is 28.2 Å². The van der Waals surface area contributed by atoms with E-state index in [1.54, 1.807) is 17.0 Å². The van der Waals surface area contributed by atoms with Crippen LogP contribution in [0.25, 0.3) is 0 Å².